The van der Waals surface area contributed by atoms with Gasteiger partial charge in [-0.3, -0.25) is 9.59 Å². The molecule has 2 rings (SSSR count). The molecule has 0 saturated carbocycles. The van der Waals surface area contributed by atoms with Crippen molar-refractivity contribution < 1.29 is 9.59 Å². The van der Waals surface area contributed by atoms with Crippen LogP contribution < -0.4 is 5.32 Å². The van der Waals surface area contributed by atoms with Gasteiger partial charge in [-0.15, -0.1) is 11.3 Å². The highest BCUT2D eigenvalue weighted by Crippen LogP contribution is 2.08. The maximum absolute atomic E-state index is 11.8. The van der Waals surface area contributed by atoms with Gasteiger partial charge >= 0.3 is 0 Å². The molecule has 0 radical (unpaired) electrons. The van der Waals surface area contributed by atoms with Crippen LogP contribution in [0.4, 0.5) is 0 Å². The number of likely N-dealkylation sites (tertiary alicyclic amines) is 1. The summed E-state index contributed by atoms with van der Waals surface area (Å²) in [7, 11) is 0. The maximum Gasteiger partial charge on any atom is 0.271 e. The molecule has 1 saturated heterocycles. The Balaban J connectivity index is 1.77. The van der Waals surface area contributed by atoms with Crippen LogP contribution in [-0.4, -0.2) is 41.3 Å². The number of nitrogens with zero attached hydrogens (tertiary/aromatic N) is 2. The van der Waals surface area contributed by atoms with Crippen LogP contribution in [-0.2, 0) is 4.79 Å². The molecule has 1 aromatic heterocycles. The summed E-state index contributed by atoms with van der Waals surface area (Å²) in [5, 5.41) is 4.26. The van der Waals surface area contributed by atoms with E-state index in [1.165, 1.54) is 17.8 Å². The number of hydrogen-bond donors (Lipinski definition) is 1. The maximum atomic E-state index is 11.8. The number of carbonyl (C=O) groups excluding carboxylic acids is 2. The van der Waals surface area contributed by atoms with E-state index in [1.807, 2.05) is 4.90 Å². The van der Waals surface area contributed by atoms with Crippen molar-refractivity contribution in [1.29, 1.82) is 0 Å². The molecule has 1 fully saturated rings. The summed E-state index contributed by atoms with van der Waals surface area (Å²) in [4.78, 5) is 29.0. The number of rotatable bonds is 3. The minimum Gasteiger partial charge on any atom is -0.342 e. The number of thiazole rings is 1. The Hall–Kier alpha value is -1.43. The number of amides is 2. The van der Waals surface area contributed by atoms with E-state index in [1.54, 1.807) is 10.9 Å². The number of hydrogen-bond acceptors (Lipinski definition) is 4. The molecule has 5 nitrogen and oxygen atoms in total. The second kappa shape index (κ2) is 5.77. The van der Waals surface area contributed by atoms with E-state index in [9.17, 15) is 9.59 Å². The van der Waals surface area contributed by atoms with Crippen molar-refractivity contribution in [2.24, 2.45) is 0 Å². The Labute approximate surface area is 104 Å². The zero-order chi connectivity index (χ0) is 12.1. The molecule has 1 N–H and O–H groups in total. The first-order valence-electron chi connectivity index (χ1n) is 5.71. The average Bonchev–Trinajstić information content (AvgIpc) is 2.90. The SMILES string of the molecule is O=C(NCC(=O)N1CCCCC1)c1cscn1. The molecule has 92 valence electrons. The fraction of sp³-hybridized carbons (Fsp3) is 0.545. The van der Waals surface area contributed by atoms with Gasteiger partial charge in [0.1, 0.15) is 5.69 Å². The third-order valence-electron chi connectivity index (χ3n) is 2.77. The van der Waals surface area contributed by atoms with E-state index in [0.717, 1.165) is 25.9 Å². The lowest BCUT2D eigenvalue weighted by atomic mass is 10.1. The summed E-state index contributed by atoms with van der Waals surface area (Å²) >= 11 is 1.36. The Morgan fingerprint density at radius 3 is 2.76 bits per heavy atom. The smallest absolute Gasteiger partial charge is 0.271 e. The van der Waals surface area contributed by atoms with Crippen LogP contribution in [0.15, 0.2) is 10.9 Å². The molecular formula is C11H15N3O2S. The Morgan fingerprint density at radius 1 is 1.35 bits per heavy atom. The van der Waals surface area contributed by atoms with Crippen LogP contribution in [0.5, 0.6) is 0 Å². The fourth-order valence-electron chi connectivity index (χ4n) is 1.83. The summed E-state index contributed by atoms with van der Waals surface area (Å²) in [6.45, 7) is 1.69. The highest BCUT2D eigenvalue weighted by Gasteiger charge is 2.17. The summed E-state index contributed by atoms with van der Waals surface area (Å²) in [6.07, 6.45) is 3.31. The number of piperidine rings is 1. The lowest BCUT2D eigenvalue weighted by Crippen LogP contribution is -2.42. The Kier molecular flexibility index (Phi) is 4.08. The van der Waals surface area contributed by atoms with Crippen LogP contribution >= 0.6 is 11.3 Å². The molecule has 0 bridgehead atoms. The minimum absolute atomic E-state index is 0.00622. The van der Waals surface area contributed by atoms with Crippen molar-refractivity contribution in [2.75, 3.05) is 19.6 Å². The quantitative estimate of drug-likeness (QED) is 0.870. The zero-order valence-corrected chi connectivity index (χ0v) is 10.3. The largest absolute Gasteiger partial charge is 0.342 e. The topological polar surface area (TPSA) is 62.3 Å². The van der Waals surface area contributed by atoms with E-state index in [2.05, 4.69) is 10.3 Å². The van der Waals surface area contributed by atoms with Crippen molar-refractivity contribution in [2.45, 2.75) is 19.3 Å². The highest BCUT2D eigenvalue weighted by atomic mass is 32.1. The summed E-state index contributed by atoms with van der Waals surface area (Å²) in [5.74, 6) is -0.287. The molecule has 6 heteroatoms. The standard InChI is InChI=1S/C11H15N3O2S/c15-10(14-4-2-1-3-5-14)6-12-11(16)9-7-17-8-13-9/h7-8H,1-6H2,(H,12,16). The first kappa shape index (κ1) is 12.0. The van der Waals surface area contributed by atoms with Crippen LogP contribution in [0.1, 0.15) is 29.8 Å². The fourth-order valence-corrected chi connectivity index (χ4v) is 2.36. The second-order valence-corrected chi connectivity index (χ2v) is 4.72. The van der Waals surface area contributed by atoms with E-state index in [-0.39, 0.29) is 18.4 Å². The molecule has 17 heavy (non-hydrogen) atoms. The normalized spacial score (nSPS) is 15.6. The van der Waals surface area contributed by atoms with E-state index in [0.29, 0.717) is 5.69 Å². The molecule has 1 aliphatic rings. The Morgan fingerprint density at radius 2 is 2.12 bits per heavy atom. The number of aromatic nitrogens is 1. The second-order valence-electron chi connectivity index (χ2n) is 4.00. The van der Waals surface area contributed by atoms with Gasteiger partial charge in [-0.05, 0) is 19.3 Å². The van der Waals surface area contributed by atoms with Crippen molar-refractivity contribution in [3.05, 3.63) is 16.6 Å². The molecule has 0 atom stereocenters. The molecule has 2 heterocycles. The predicted octanol–water partition coefficient (Wildman–Crippen LogP) is 0.885. The average molecular weight is 253 g/mol. The predicted molar refractivity (Wildman–Crippen MR) is 64.9 cm³/mol. The summed E-state index contributed by atoms with van der Waals surface area (Å²) in [5.41, 5.74) is 1.97. The Bertz CT molecular complexity index is 385. The van der Waals surface area contributed by atoms with Crippen LogP contribution in [0, 0.1) is 0 Å². The zero-order valence-electron chi connectivity index (χ0n) is 9.52. The van der Waals surface area contributed by atoms with Gasteiger partial charge in [0.2, 0.25) is 5.91 Å². The van der Waals surface area contributed by atoms with Crippen LogP contribution in [0.2, 0.25) is 0 Å². The highest BCUT2D eigenvalue weighted by molar-refractivity contribution is 7.07. The van der Waals surface area contributed by atoms with Crippen LogP contribution in [0.25, 0.3) is 0 Å². The van der Waals surface area contributed by atoms with Gasteiger partial charge in [0, 0.05) is 18.5 Å². The third-order valence-corrected chi connectivity index (χ3v) is 3.36. The third kappa shape index (κ3) is 3.26. The van der Waals surface area contributed by atoms with Crippen molar-refractivity contribution in [3.8, 4) is 0 Å². The number of nitrogens with one attached hydrogen (secondary N) is 1. The van der Waals surface area contributed by atoms with Crippen molar-refractivity contribution in [3.63, 3.8) is 0 Å². The first-order chi connectivity index (χ1) is 8.27. The lowest BCUT2D eigenvalue weighted by molar-refractivity contribution is -0.130. The van der Waals surface area contributed by atoms with Gasteiger partial charge < -0.3 is 10.2 Å². The molecule has 0 aliphatic carbocycles. The van der Waals surface area contributed by atoms with Gasteiger partial charge in [-0.2, -0.15) is 0 Å². The lowest BCUT2D eigenvalue weighted by Gasteiger charge is -2.26. The van der Waals surface area contributed by atoms with E-state index in [4.69, 9.17) is 0 Å². The van der Waals surface area contributed by atoms with Crippen LogP contribution in [0.3, 0.4) is 0 Å². The van der Waals surface area contributed by atoms with E-state index < -0.39 is 0 Å². The number of carbonyl (C=O) groups is 2. The summed E-state index contributed by atoms with van der Waals surface area (Å²) < 4.78 is 0. The molecule has 0 unspecified atom stereocenters. The molecule has 2 amide bonds. The summed E-state index contributed by atoms with van der Waals surface area (Å²) in [6, 6.07) is 0. The first-order valence-corrected chi connectivity index (χ1v) is 6.66. The molecule has 1 aliphatic heterocycles. The van der Waals surface area contributed by atoms with Gasteiger partial charge in [0.25, 0.3) is 5.91 Å². The molecule has 0 aromatic carbocycles. The van der Waals surface area contributed by atoms with Gasteiger partial charge in [-0.1, -0.05) is 0 Å². The van der Waals surface area contributed by atoms with E-state index >= 15 is 0 Å². The van der Waals surface area contributed by atoms with Gasteiger partial charge in [0.05, 0.1) is 12.1 Å². The van der Waals surface area contributed by atoms with Crippen molar-refractivity contribution in [1.82, 2.24) is 15.2 Å². The van der Waals surface area contributed by atoms with Crippen molar-refractivity contribution >= 4 is 23.2 Å². The molecule has 1 aromatic rings. The monoisotopic (exact) mass is 253 g/mol. The van der Waals surface area contributed by atoms with Gasteiger partial charge in [0.15, 0.2) is 0 Å². The molecule has 0 spiro atoms. The van der Waals surface area contributed by atoms with Gasteiger partial charge in [-0.25, -0.2) is 4.98 Å². The molecular weight excluding hydrogens is 238 g/mol. The minimum atomic E-state index is -0.281.